The lowest BCUT2D eigenvalue weighted by atomic mass is 10.1. The number of allylic oxidation sites excluding steroid dienone is 5. The monoisotopic (exact) mass is 310 g/mol. The molecule has 0 aliphatic carbocycles. The zero-order chi connectivity index (χ0) is 16.6. The van der Waals surface area contributed by atoms with E-state index in [1.54, 1.807) is 6.08 Å². The number of aliphatic hydroxyl groups excluding tert-OH is 2. The molecule has 0 fully saturated rings. The van der Waals surface area contributed by atoms with Gasteiger partial charge in [0, 0.05) is 0 Å². The van der Waals surface area contributed by atoms with Crippen molar-refractivity contribution in [3.05, 3.63) is 36.5 Å². The van der Waals surface area contributed by atoms with E-state index in [1.165, 1.54) is 0 Å². The van der Waals surface area contributed by atoms with E-state index in [0.717, 1.165) is 32.1 Å². The molecule has 2 atom stereocenters. The summed E-state index contributed by atoms with van der Waals surface area (Å²) in [6.45, 7) is 2.10. The van der Waals surface area contributed by atoms with Crippen LogP contribution < -0.4 is 0 Å². The Morgan fingerprint density at radius 2 is 1.64 bits per heavy atom. The third kappa shape index (κ3) is 13.6. The lowest BCUT2D eigenvalue weighted by Gasteiger charge is -2.06. The van der Waals surface area contributed by atoms with Crippen LogP contribution in [-0.4, -0.2) is 33.5 Å². The van der Waals surface area contributed by atoms with E-state index in [1.807, 2.05) is 18.2 Å². The van der Waals surface area contributed by atoms with Crippen LogP contribution in [0, 0.1) is 0 Å². The van der Waals surface area contributed by atoms with Gasteiger partial charge in [-0.3, -0.25) is 0 Å². The Morgan fingerprint density at radius 1 is 0.955 bits per heavy atom. The summed E-state index contributed by atoms with van der Waals surface area (Å²) in [6.07, 6.45) is 16.6. The number of aliphatic hydroxyl groups is 2. The molecule has 0 aliphatic rings. The number of hydrogen-bond donors (Lipinski definition) is 3. The van der Waals surface area contributed by atoms with Gasteiger partial charge in [-0.15, -0.1) is 0 Å². The first-order valence-electron chi connectivity index (χ1n) is 8.15. The van der Waals surface area contributed by atoms with Crippen LogP contribution in [0.1, 0.15) is 58.3 Å². The van der Waals surface area contributed by atoms with Crippen LogP contribution in [0.25, 0.3) is 0 Å². The van der Waals surface area contributed by atoms with Crippen molar-refractivity contribution in [1.82, 2.24) is 0 Å². The maximum Gasteiger partial charge on any atom is 0.332 e. The fourth-order valence-corrected chi connectivity index (χ4v) is 1.96. The highest BCUT2D eigenvalue weighted by atomic mass is 16.4. The van der Waals surface area contributed by atoms with Crippen molar-refractivity contribution in [1.29, 1.82) is 0 Å². The zero-order valence-electron chi connectivity index (χ0n) is 13.5. The minimum Gasteiger partial charge on any atom is -0.479 e. The van der Waals surface area contributed by atoms with Crippen molar-refractivity contribution in [2.45, 2.75) is 70.5 Å². The molecule has 0 aromatic heterocycles. The topological polar surface area (TPSA) is 77.8 Å². The Hall–Kier alpha value is -1.39. The molecule has 0 rings (SSSR count). The second-order valence-corrected chi connectivity index (χ2v) is 5.34. The molecular weight excluding hydrogens is 280 g/mol. The maximum atomic E-state index is 10.4. The Labute approximate surface area is 133 Å². The van der Waals surface area contributed by atoms with Crippen molar-refractivity contribution in [3.63, 3.8) is 0 Å². The molecule has 0 aliphatic heterocycles. The molecule has 3 N–H and O–H groups in total. The Balaban J connectivity index is 3.55. The van der Waals surface area contributed by atoms with E-state index >= 15 is 0 Å². The number of hydrogen-bond acceptors (Lipinski definition) is 3. The van der Waals surface area contributed by atoms with Crippen LogP contribution in [0.5, 0.6) is 0 Å². The van der Waals surface area contributed by atoms with Crippen molar-refractivity contribution in [3.8, 4) is 0 Å². The van der Waals surface area contributed by atoms with Crippen molar-refractivity contribution >= 4 is 5.97 Å². The molecule has 0 spiro atoms. The van der Waals surface area contributed by atoms with Crippen molar-refractivity contribution < 1.29 is 20.1 Å². The minimum atomic E-state index is -1.24. The van der Waals surface area contributed by atoms with Gasteiger partial charge in [0.25, 0.3) is 0 Å². The Bertz CT molecular complexity index is 358. The summed E-state index contributed by atoms with van der Waals surface area (Å²) in [5.41, 5.74) is 0. The summed E-state index contributed by atoms with van der Waals surface area (Å²) in [5, 5.41) is 27.4. The molecular formula is C18H30O4. The van der Waals surface area contributed by atoms with Crippen LogP contribution in [0.3, 0.4) is 0 Å². The number of aliphatic carboxylic acids is 1. The molecule has 126 valence electrons. The predicted octanol–water partition coefficient (Wildman–Crippen LogP) is 3.60. The van der Waals surface area contributed by atoms with Gasteiger partial charge < -0.3 is 15.3 Å². The molecule has 0 saturated heterocycles. The maximum absolute atomic E-state index is 10.4. The van der Waals surface area contributed by atoms with Gasteiger partial charge in [-0.2, -0.15) is 0 Å². The highest BCUT2D eigenvalue weighted by Crippen LogP contribution is 2.09. The van der Waals surface area contributed by atoms with Gasteiger partial charge >= 0.3 is 5.97 Å². The number of carbonyl (C=O) groups is 1. The summed E-state index contributed by atoms with van der Waals surface area (Å²) < 4.78 is 0. The van der Waals surface area contributed by atoms with E-state index in [4.69, 9.17) is 10.2 Å². The number of carboxylic acids is 1. The fraction of sp³-hybridized carbons (Fsp3) is 0.611. The van der Waals surface area contributed by atoms with Crippen molar-refractivity contribution in [2.75, 3.05) is 0 Å². The SMILES string of the molecule is CC/C=C\C/C=C\C=C\[C@@H](O)CCCCCC[C@@H](O)C(=O)O. The lowest BCUT2D eigenvalue weighted by Crippen LogP contribution is -2.18. The first kappa shape index (κ1) is 20.6. The van der Waals surface area contributed by atoms with E-state index in [0.29, 0.717) is 19.3 Å². The zero-order valence-corrected chi connectivity index (χ0v) is 13.5. The van der Waals surface area contributed by atoms with Crippen molar-refractivity contribution in [2.24, 2.45) is 0 Å². The molecule has 0 unspecified atom stereocenters. The molecule has 4 heteroatoms. The van der Waals surface area contributed by atoms with E-state index in [-0.39, 0.29) is 0 Å². The molecule has 0 heterocycles. The van der Waals surface area contributed by atoms with Gasteiger partial charge in [0.15, 0.2) is 6.10 Å². The molecule has 22 heavy (non-hydrogen) atoms. The third-order valence-electron chi connectivity index (χ3n) is 3.27. The van der Waals surface area contributed by atoms with Crippen LogP contribution in [0.4, 0.5) is 0 Å². The number of unbranched alkanes of at least 4 members (excludes halogenated alkanes) is 3. The Morgan fingerprint density at radius 3 is 2.27 bits per heavy atom. The second kappa shape index (κ2) is 14.5. The first-order valence-corrected chi connectivity index (χ1v) is 8.15. The average molecular weight is 310 g/mol. The summed E-state index contributed by atoms with van der Waals surface area (Å²) >= 11 is 0. The minimum absolute atomic E-state index is 0.301. The summed E-state index contributed by atoms with van der Waals surface area (Å²) in [6, 6.07) is 0. The summed E-state index contributed by atoms with van der Waals surface area (Å²) in [4.78, 5) is 10.4. The van der Waals surface area contributed by atoms with Crippen LogP contribution in [0.15, 0.2) is 36.5 Å². The molecule has 0 aromatic carbocycles. The van der Waals surface area contributed by atoms with Gasteiger partial charge in [0.05, 0.1) is 6.10 Å². The highest BCUT2D eigenvalue weighted by molar-refractivity contribution is 5.71. The fourth-order valence-electron chi connectivity index (χ4n) is 1.96. The van der Waals surface area contributed by atoms with E-state index < -0.39 is 18.2 Å². The third-order valence-corrected chi connectivity index (χ3v) is 3.27. The van der Waals surface area contributed by atoms with Gasteiger partial charge in [-0.1, -0.05) is 69.1 Å². The van der Waals surface area contributed by atoms with E-state index in [2.05, 4.69) is 19.1 Å². The van der Waals surface area contributed by atoms with Crippen LogP contribution in [-0.2, 0) is 4.79 Å². The predicted molar refractivity (Wildman–Crippen MR) is 89.7 cm³/mol. The summed E-state index contributed by atoms with van der Waals surface area (Å²) in [7, 11) is 0. The van der Waals surface area contributed by atoms with E-state index in [9.17, 15) is 9.90 Å². The Kier molecular flexibility index (Phi) is 13.6. The summed E-state index contributed by atoms with van der Waals surface area (Å²) in [5.74, 6) is -1.15. The van der Waals surface area contributed by atoms with Gasteiger partial charge in [-0.25, -0.2) is 4.79 Å². The van der Waals surface area contributed by atoms with Crippen LogP contribution >= 0.6 is 0 Å². The molecule has 0 radical (unpaired) electrons. The molecule has 0 aromatic rings. The van der Waals surface area contributed by atoms with Crippen LogP contribution in [0.2, 0.25) is 0 Å². The number of carboxylic acid groups (broad SMARTS) is 1. The molecule has 0 amide bonds. The highest BCUT2D eigenvalue weighted by Gasteiger charge is 2.11. The van der Waals surface area contributed by atoms with Gasteiger partial charge in [0.2, 0.25) is 0 Å². The smallest absolute Gasteiger partial charge is 0.332 e. The lowest BCUT2D eigenvalue weighted by molar-refractivity contribution is -0.146. The van der Waals surface area contributed by atoms with Gasteiger partial charge in [0.1, 0.15) is 0 Å². The largest absolute Gasteiger partial charge is 0.479 e. The normalized spacial score (nSPS) is 15.0. The molecule has 0 saturated carbocycles. The first-order chi connectivity index (χ1) is 10.6. The quantitative estimate of drug-likeness (QED) is 0.276. The van der Waals surface area contributed by atoms with Gasteiger partial charge in [-0.05, 0) is 25.7 Å². The molecule has 4 nitrogen and oxygen atoms in total. The molecule has 0 bridgehead atoms. The average Bonchev–Trinajstić information content (AvgIpc) is 2.49. The second-order valence-electron chi connectivity index (χ2n) is 5.34. The standard InChI is InChI=1S/C18H30O4/c1-2-3-4-5-6-7-10-13-16(19)14-11-8-9-12-15-17(20)18(21)22/h3-4,6-7,10,13,16-17,19-20H,2,5,8-9,11-12,14-15H2,1H3,(H,21,22)/b4-3-,7-6-,13-10+/t16-,17-/m1/s1. The number of rotatable bonds is 13.